The quantitative estimate of drug-likeness (QED) is 0.742. The second kappa shape index (κ2) is 8.35. The van der Waals surface area contributed by atoms with Crippen LogP contribution in [0.25, 0.3) is 0 Å². The van der Waals surface area contributed by atoms with Gasteiger partial charge in [-0.2, -0.15) is 0 Å². The highest BCUT2D eigenvalue weighted by Gasteiger charge is 2.44. The minimum atomic E-state index is -0.259. The van der Waals surface area contributed by atoms with Crippen molar-refractivity contribution >= 4 is 5.97 Å². The van der Waals surface area contributed by atoms with Gasteiger partial charge in [0.2, 0.25) is 0 Å². The minimum Gasteiger partial charge on any atom is -0.462 e. The maximum absolute atomic E-state index is 12.3. The number of carbonyl (C=O) groups excluding carboxylic acids is 1. The molecule has 1 aliphatic rings. The van der Waals surface area contributed by atoms with Crippen molar-refractivity contribution in [3.8, 4) is 0 Å². The topological polar surface area (TPSA) is 46.5 Å². The van der Waals surface area contributed by atoms with Crippen LogP contribution in [0.2, 0.25) is 0 Å². The molecule has 1 aromatic rings. The molecule has 1 saturated carbocycles. The predicted molar refractivity (Wildman–Crippen MR) is 101 cm³/mol. The van der Waals surface area contributed by atoms with Gasteiger partial charge in [-0.15, -0.1) is 0 Å². The first-order valence-corrected chi connectivity index (χ1v) is 9.65. The lowest BCUT2D eigenvalue weighted by Gasteiger charge is -2.47. The normalized spacial score (nSPS) is 28.2. The number of benzene rings is 1. The molecule has 3 heteroatoms. The lowest BCUT2D eigenvalue weighted by Crippen LogP contribution is -2.44. The summed E-state index contributed by atoms with van der Waals surface area (Å²) < 4.78 is 5.66. The molecule has 0 spiro atoms. The number of aliphatic hydroxyl groups is 1. The third kappa shape index (κ3) is 4.84. The van der Waals surface area contributed by atoms with Gasteiger partial charge in [-0.25, -0.2) is 4.79 Å². The second-order valence-electron chi connectivity index (χ2n) is 8.69. The predicted octanol–water partition coefficient (Wildman–Crippen LogP) is 4.94. The molecule has 0 radical (unpaired) electrons. The van der Waals surface area contributed by atoms with Crippen LogP contribution in [0.3, 0.4) is 0 Å². The summed E-state index contributed by atoms with van der Waals surface area (Å²) in [6, 6.07) is 9.16. The molecule has 0 amide bonds. The first kappa shape index (κ1) is 20.0. The fourth-order valence-corrected chi connectivity index (χ4v) is 4.56. The van der Waals surface area contributed by atoms with Crippen molar-refractivity contribution in [3.63, 3.8) is 0 Å². The van der Waals surface area contributed by atoms with E-state index in [1.54, 1.807) is 12.1 Å². The Morgan fingerprint density at radius 1 is 1.24 bits per heavy atom. The molecule has 0 saturated heterocycles. The summed E-state index contributed by atoms with van der Waals surface area (Å²) in [5.74, 6) is 1.28. The van der Waals surface area contributed by atoms with Crippen molar-refractivity contribution in [1.29, 1.82) is 0 Å². The molecule has 25 heavy (non-hydrogen) atoms. The zero-order valence-electron chi connectivity index (χ0n) is 16.4. The summed E-state index contributed by atoms with van der Waals surface area (Å²) in [4.78, 5) is 12.3. The van der Waals surface area contributed by atoms with Gasteiger partial charge in [0, 0.05) is 5.92 Å². The Balaban J connectivity index is 2.04. The third-order valence-corrected chi connectivity index (χ3v) is 6.18. The first-order valence-electron chi connectivity index (χ1n) is 9.65. The van der Waals surface area contributed by atoms with Gasteiger partial charge in [-0.05, 0) is 54.6 Å². The van der Waals surface area contributed by atoms with E-state index in [1.807, 2.05) is 18.2 Å². The number of esters is 1. The van der Waals surface area contributed by atoms with Crippen LogP contribution in [0.15, 0.2) is 30.3 Å². The van der Waals surface area contributed by atoms with Crippen LogP contribution in [0.4, 0.5) is 0 Å². The molecule has 0 bridgehead atoms. The zero-order valence-corrected chi connectivity index (χ0v) is 16.4. The molecule has 4 atom stereocenters. The van der Waals surface area contributed by atoms with E-state index < -0.39 is 0 Å². The van der Waals surface area contributed by atoms with E-state index in [2.05, 4.69) is 34.6 Å². The van der Waals surface area contributed by atoms with E-state index in [-0.39, 0.29) is 23.4 Å². The van der Waals surface area contributed by atoms with E-state index >= 15 is 0 Å². The van der Waals surface area contributed by atoms with E-state index in [0.717, 1.165) is 19.3 Å². The summed E-state index contributed by atoms with van der Waals surface area (Å²) in [7, 11) is 0. The van der Waals surface area contributed by atoms with Crippen molar-refractivity contribution in [3.05, 3.63) is 35.9 Å². The van der Waals surface area contributed by atoms with Gasteiger partial charge < -0.3 is 9.84 Å². The number of aliphatic hydroxyl groups excluding tert-OH is 1. The smallest absolute Gasteiger partial charge is 0.338 e. The molecule has 1 aromatic carbocycles. The Morgan fingerprint density at radius 3 is 2.40 bits per heavy atom. The van der Waals surface area contributed by atoms with Crippen LogP contribution in [-0.2, 0) is 4.74 Å². The SMILES string of the molecule is CC(C)C(COC(=O)c1ccccc1)[C@]1(C)CC[C@@H](C(C)C)[C@H](O)C1. The fraction of sp³-hybridized carbons (Fsp3) is 0.682. The Hall–Kier alpha value is -1.35. The minimum absolute atomic E-state index is 0.00986. The molecule has 0 aliphatic heterocycles. The second-order valence-corrected chi connectivity index (χ2v) is 8.69. The standard InChI is InChI=1S/C22H34O3/c1-15(2)18-11-12-22(5,13-20(18)23)19(16(3)4)14-25-21(24)17-9-7-6-8-10-17/h6-10,15-16,18-20,23H,11-14H2,1-5H3/t18-,19?,20+,22+/m0/s1. The largest absolute Gasteiger partial charge is 0.462 e. The molecule has 3 nitrogen and oxygen atoms in total. The van der Waals surface area contributed by atoms with Crippen LogP contribution in [-0.4, -0.2) is 23.8 Å². The average Bonchev–Trinajstić information content (AvgIpc) is 2.54. The summed E-state index contributed by atoms with van der Waals surface area (Å²) in [5, 5.41) is 10.7. The van der Waals surface area contributed by atoms with Gasteiger partial charge >= 0.3 is 5.97 Å². The molecule has 140 valence electrons. The maximum atomic E-state index is 12.3. The molecule has 1 unspecified atom stereocenters. The van der Waals surface area contributed by atoms with Gasteiger partial charge in [0.1, 0.15) is 0 Å². The molecule has 0 aromatic heterocycles. The summed E-state index contributed by atoms with van der Waals surface area (Å²) in [5.41, 5.74) is 0.606. The van der Waals surface area contributed by atoms with Gasteiger partial charge in [0.15, 0.2) is 0 Å². The van der Waals surface area contributed by atoms with E-state index in [1.165, 1.54) is 0 Å². The van der Waals surface area contributed by atoms with E-state index in [4.69, 9.17) is 4.74 Å². The van der Waals surface area contributed by atoms with Crippen molar-refractivity contribution < 1.29 is 14.6 Å². The van der Waals surface area contributed by atoms with Crippen LogP contribution in [0.5, 0.6) is 0 Å². The molecule has 1 aliphatic carbocycles. The molecule has 0 heterocycles. The highest BCUT2D eigenvalue weighted by Crippen LogP contribution is 2.48. The monoisotopic (exact) mass is 346 g/mol. The van der Waals surface area contributed by atoms with Gasteiger partial charge in [0.05, 0.1) is 18.3 Å². The van der Waals surface area contributed by atoms with Crippen molar-refractivity contribution in [2.45, 2.75) is 60.0 Å². The first-order chi connectivity index (χ1) is 11.7. The molecular weight excluding hydrogens is 312 g/mol. The molecule has 1 N–H and O–H groups in total. The summed E-state index contributed by atoms with van der Waals surface area (Å²) in [6.07, 6.45) is 2.66. The molecular formula is C22H34O3. The Bertz CT molecular complexity index is 552. The van der Waals surface area contributed by atoms with Gasteiger partial charge in [0.25, 0.3) is 0 Å². The van der Waals surface area contributed by atoms with Gasteiger partial charge in [-0.1, -0.05) is 52.8 Å². The zero-order chi connectivity index (χ0) is 18.6. The van der Waals surface area contributed by atoms with Crippen LogP contribution in [0.1, 0.15) is 64.2 Å². The third-order valence-electron chi connectivity index (χ3n) is 6.18. The Morgan fingerprint density at radius 2 is 1.88 bits per heavy atom. The number of rotatable bonds is 6. The maximum Gasteiger partial charge on any atom is 0.338 e. The van der Waals surface area contributed by atoms with Crippen molar-refractivity contribution in [1.82, 2.24) is 0 Å². The van der Waals surface area contributed by atoms with Crippen LogP contribution < -0.4 is 0 Å². The number of carbonyl (C=O) groups is 1. The molecule has 1 fully saturated rings. The highest BCUT2D eigenvalue weighted by atomic mass is 16.5. The van der Waals surface area contributed by atoms with Crippen molar-refractivity contribution in [2.24, 2.45) is 29.1 Å². The Labute approximate surface area is 152 Å². The molecule has 2 rings (SSSR count). The fourth-order valence-electron chi connectivity index (χ4n) is 4.56. The van der Waals surface area contributed by atoms with Crippen LogP contribution in [0, 0.1) is 29.1 Å². The highest BCUT2D eigenvalue weighted by molar-refractivity contribution is 5.89. The average molecular weight is 347 g/mol. The number of hydrogen-bond donors (Lipinski definition) is 1. The van der Waals surface area contributed by atoms with Gasteiger partial charge in [-0.3, -0.25) is 0 Å². The number of hydrogen-bond acceptors (Lipinski definition) is 3. The lowest BCUT2D eigenvalue weighted by atomic mass is 9.60. The summed E-state index contributed by atoms with van der Waals surface area (Å²) in [6.45, 7) is 11.4. The van der Waals surface area contributed by atoms with E-state index in [0.29, 0.717) is 29.9 Å². The lowest BCUT2D eigenvalue weighted by molar-refractivity contribution is -0.0598. The van der Waals surface area contributed by atoms with Crippen molar-refractivity contribution in [2.75, 3.05) is 6.61 Å². The Kier molecular flexibility index (Phi) is 6.67. The summed E-state index contributed by atoms with van der Waals surface area (Å²) >= 11 is 0. The van der Waals surface area contributed by atoms with Crippen LogP contribution >= 0.6 is 0 Å². The van der Waals surface area contributed by atoms with E-state index in [9.17, 15) is 9.90 Å². The number of ether oxygens (including phenoxy) is 1.